The number of nitrogens with zero attached hydrogens (tertiary/aromatic N) is 4. The van der Waals surface area contributed by atoms with Crippen molar-refractivity contribution in [1.29, 1.82) is 0 Å². The minimum Gasteiger partial charge on any atom is -0.478 e. The minimum atomic E-state index is -4.87. The summed E-state index contributed by atoms with van der Waals surface area (Å²) in [6, 6.07) is 17.2. The lowest BCUT2D eigenvalue weighted by Gasteiger charge is -2.33. The third-order valence-corrected chi connectivity index (χ3v) is 11.7. The molecule has 0 aliphatic carbocycles. The van der Waals surface area contributed by atoms with E-state index < -0.39 is 62.1 Å². The van der Waals surface area contributed by atoms with Crippen LogP contribution in [-0.4, -0.2) is 42.9 Å². The number of aromatic carboxylic acids is 1. The van der Waals surface area contributed by atoms with Crippen molar-refractivity contribution in [2.45, 2.75) is 9.79 Å². The average Bonchev–Trinajstić information content (AvgIpc) is 2.99. The van der Waals surface area contributed by atoms with Gasteiger partial charge in [-0.15, -0.1) is 0 Å². The van der Waals surface area contributed by atoms with Crippen molar-refractivity contribution in [3.8, 4) is 0 Å². The van der Waals surface area contributed by atoms with Gasteiger partial charge in [0.15, 0.2) is 0 Å². The first-order valence-corrected chi connectivity index (χ1v) is 17.4. The molecule has 0 bridgehead atoms. The fraction of sp³-hybridized carbons (Fsp3) is 0. The molecule has 0 fully saturated rings. The van der Waals surface area contributed by atoms with Crippen LogP contribution >= 0.6 is 57.4 Å². The predicted octanol–water partition coefficient (Wildman–Crippen LogP) is 5.79. The molecule has 232 valence electrons. The third-order valence-electron chi connectivity index (χ3n) is 5.98. The van der Waals surface area contributed by atoms with Crippen molar-refractivity contribution >= 4 is 111 Å². The Morgan fingerprint density at radius 1 is 0.711 bits per heavy atom. The van der Waals surface area contributed by atoms with Crippen LogP contribution in [0, 0.1) is 27.4 Å². The molecular weight excluding hydrogens is 878 g/mol. The smallest absolute Gasteiger partial charge is 0.335 e. The lowest BCUT2D eigenvalue weighted by atomic mass is 10.2. The highest BCUT2D eigenvalue weighted by molar-refractivity contribution is 14.1. The number of sulfonamides is 2. The number of benzene rings is 4. The molecule has 4 aromatic rings. The van der Waals surface area contributed by atoms with E-state index in [0.717, 1.165) is 48.5 Å². The van der Waals surface area contributed by atoms with Crippen LogP contribution < -0.4 is 8.61 Å². The monoisotopic (exact) mass is 894 g/mol. The van der Waals surface area contributed by atoms with Gasteiger partial charge in [-0.3, -0.25) is 20.2 Å². The number of carbonyl (C=O) groups is 1. The summed E-state index contributed by atoms with van der Waals surface area (Å²) < 4.78 is 58.3. The first kappa shape index (κ1) is 34.1. The molecule has 0 saturated carbocycles. The van der Waals surface area contributed by atoms with Crippen molar-refractivity contribution in [3.63, 3.8) is 0 Å². The van der Waals surface area contributed by atoms with Crippen LogP contribution in [0.1, 0.15) is 10.4 Å². The molecule has 0 aromatic heterocycles. The Balaban J connectivity index is 2.03. The van der Waals surface area contributed by atoms with Crippen molar-refractivity contribution in [1.82, 2.24) is 0 Å². The number of nitro groups is 2. The number of hydrogen-bond donors (Lipinski definition) is 1. The molecule has 1 N–H and O–H groups in total. The summed E-state index contributed by atoms with van der Waals surface area (Å²) in [6.07, 6.45) is 0. The van der Waals surface area contributed by atoms with E-state index >= 15 is 0 Å². The zero-order valence-corrected chi connectivity index (χ0v) is 28.8. The second-order valence-corrected chi connectivity index (χ2v) is 15.0. The summed E-state index contributed by atoms with van der Waals surface area (Å²) >= 11 is 9.03. The molecule has 4 rings (SSSR count). The molecule has 0 unspecified atom stereocenters. The lowest BCUT2D eigenvalue weighted by Crippen LogP contribution is -2.49. The lowest BCUT2D eigenvalue weighted by molar-refractivity contribution is -0.385. The number of hydrogen-bond acceptors (Lipinski definition) is 10. The van der Waals surface area contributed by atoms with Gasteiger partial charge in [0.05, 0.1) is 36.6 Å². The van der Waals surface area contributed by atoms with Gasteiger partial charge in [0.2, 0.25) is 5.11 Å². The number of thiocarbonyl (C=S) groups is 1. The van der Waals surface area contributed by atoms with Crippen LogP contribution in [-0.2, 0) is 20.0 Å². The maximum absolute atomic E-state index is 14.3. The highest BCUT2D eigenvalue weighted by Gasteiger charge is 2.40. The number of non-ortho nitro benzene ring substituents is 2. The molecule has 0 atom stereocenters. The minimum absolute atomic E-state index is 0.0606. The van der Waals surface area contributed by atoms with Crippen LogP contribution in [0.5, 0.6) is 0 Å². The van der Waals surface area contributed by atoms with Crippen LogP contribution in [0.15, 0.2) is 101 Å². The van der Waals surface area contributed by atoms with Crippen LogP contribution in [0.3, 0.4) is 0 Å². The van der Waals surface area contributed by atoms with Gasteiger partial charge in [-0.1, -0.05) is 18.2 Å². The van der Waals surface area contributed by atoms with E-state index in [4.69, 9.17) is 12.2 Å². The van der Waals surface area contributed by atoms with Gasteiger partial charge >= 0.3 is 5.97 Å². The standard InChI is InChI=1S/C26H16I2N4O10S3/c27-22-14-16(25(33)34)15-23(28)24(22)30(45(41,42)21-12-8-19(9-13-21)32(37)38)26(43)29(17-4-2-1-3-5-17)44(39,40)20-10-6-18(7-11-20)31(35)36/h1-15H,(H,33,34). The summed E-state index contributed by atoms with van der Waals surface area (Å²) in [4.78, 5) is 31.7. The number of halogens is 2. The maximum Gasteiger partial charge on any atom is 0.335 e. The number of carboxylic acid groups (broad SMARTS) is 1. The van der Waals surface area contributed by atoms with Gasteiger partial charge < -0.3 is 5.11 Å². The van der Waals surface area contributed by atoms with Crippen LogP contribution in [0.25, 0.3) is 0 Å². The molecule has 4 aromatic carbocycles. The largest absolute Gasteiger partial charge is 0.478 e. The number of nitro benzene ring substituents is 2. The molecule has 45 heavy (non-hydrogen) atoms. The molecule has 0 radical (unpaired) electrons. The predicted molar refractivity (Wildman–Crippen MR) is 183 cm³/mol. The zero-order valence-electron chi connectivity index (χ0n) is 22.1. The van der Waals surface area contributed by atoms with Gasteiger partial charge in [0.25, 0.3) is 31.4 Å². The third kappa shape index (κ3) is 6.90. The number of anilines is 2. The fourth-order valence-electron chi connectivity index (χ4n) is 3.89. The van der Waals surface area contributed by atoms with E-state index in [1.165, 1.54) is 36.4 Å². The Morgan fingerprint density at radius 2 is 1.11 bits per heavy atom. The average molecular weight is 894 g/mol. The van der Waals surface area contributed by atoms with E-state index in [1.54, 1.807) is 51.2 Å². The molecular formula is C26H16I2N4O10S3. The van der Waals surface area contributed by atoms with Gasteiger partial charge in [0.1, 0.15) is 0 Å². The second-order valence-electron chi connectivity index (χ2n) is 8.75. The van der Waals surface area contributed by atoms with Crippen molar-refractivity contribution in [2.75, 3.05) is 8.61 Å². The molecule has 0 saturated heterocycles. The van der Waals surface area contributed by atoms with E-state index in [2.05, 4.69) is 0 Å². The quantitative estimate of drug-likeness (QED) is 0.0925. The first-order chi connectivity index (χ1) is 21.1. The highest BCUT2D eigenvalue weighted by atomic mass is 127. The Bertz CT molecular complexity index is 2040. The van der Waals surface area contributed by atoms with E-state index in [1.807, 2.05) is 0 Å². The van der Waals surface area contributed by atoms with Crippen molar-refractivity contribution < 1.29 is 36.6 Å². The maximum atomic E-state index is 14.3. The Hall–Kier alpha value is -3.80. The Morgan fingerprint density at radius 3 is 1.49 bits per heavy atom. The normalized spacial score (nSPS) is 11.4. The molecule has 0 aliphatic heterocycles. The van der Waals surface area contributed by atoms with Crippen molar-refractivity contribution in [2.24, 2.45) is 0 Å². The number of rotatable bonds is 9. The summed E-state index contributed by atoms with van der Waals surface area (Å²) in [7, 11) is -9.65. The first-order valence-electron chi connectivity index (χ1n) is 12.0. The molecule has 0 aliphatic rings. The van der Waals surface area contributed by atoms with Crippen molar-refractivity contribution in [3.05, 3.63) is 124 Å². The Labute approximate surface area is 288 Å². The van der Waals surface area contributed by atoms with E-state index in [9.17, 15) is 47.0 Å². The highest BCUT2D eigenvalue weighted by Crippen LogP contribution is 2.37. The fourth-order valence-corrected chi connectivity index (χ4v) is 10.1. The van der Waals surface area contributed by atoms with Crippen LogP contribution in [0.2, 0.25) is 0 Å². The second kappa shape index (κ2) is 13.3. The molecule has 0 heterocycles. The van der Waals surface area contributed by atoms with Gasteiger partial charge in [0, 0.05) is 31.4 Å². The van der Waals surface area contributed by atoms with Crippen LogP contribution in [0.4, 0.5) is 22.7 Å². The van der Waals surface area contributed by atoms with Gasteiger partial charge in [-0.05, 0) is 106 Å². The van der Waals surface area contributed by atoms with E-state index in [0.29, 0.717) is 8.61 Å². The molecule has 14 nitrogen and oxygen atoms in total. The topological polar surface area (TPSA) is 198 Å². The molecule has 19 heteroatoms. The SMILES string of the molecule is O=C(O)c1cc(I)c(N(C(=S)N(c2ccccc2)S(=O)(=O)c2ccc([N+](=O)[O-])cc2)S(=O)(=O)c2ccc([N+](=O)[O-])cc2)c(I)c1. The summed E-state index contributed by atoms with van der Waals surface area (Å²) in [5, 5.41) is 31.1. The molecule has 0 spiro atoms. The summed E-state index contributed by atoms with van der Waals surface area (Å²) in [6.45, 7) is 0. The van der Waals surface area contributed by atoms with Gasteiger partial charge in [-0.25, -0.2) is 30.2 Å². The Kier molecular flexibility index (Phi) is 10.1. The zero-order chi connectivity index (χ0) is 33.3. The molecule has 0 amide bonds. The summed E-state index contributed by atoms with van der Waals surface area (Å²) in [5.74, 6) is -1.31. The number of para-hydroxylation sites is 1. The van der Waals surface area contributed by atoms with E-state index in [-0.39, 0.29) is 24.1 Å². The van der Waals surface area contributed by atoms with Gasteiger partial charge in [-0.2, -0.15) is 0 Å². The summed E-state index contributed by atoms with van der Waals surface area (Å²) in [5.41, 5.74) is -1.29. The number of carboxylic acids is 1.